The Labute approximate surface area is 170 Å². The molecule has 0 atom stereocenters. The van der Waals surface area contributed by atoms with Crippen LogP contribution in [0.4, 0.5) is 5.69 Å². The summed E-state index contributed by atoms with van der Waals surface area (Å²) in [5.74, 6) is 1.91. The second kappa shape index (κ2) is 7.00. The van der Waals surface area contributed by atoms with Gasteiger partial charge in [-0.25, -0.2) is 4.98 Å². The third-order valence-electron chi connectivity index (χ3n) is 4.71. The van der Waals surface area contributed by atoms with Crippen molar-refractivity contribution < 1.29 is 9.53 Å². The van der Waals surface area contributed by atoms with Gasteiger partial charge in [0.15, 0.2) is 0 Å². The van der Waals surface area contributed by atoms with Crippen LogP contribution < -0.4 is 10.1 Å². The molecule has 3 heterocycles. The number of anilines is 1. The number of ether oxygens (including phenoxy) is 1. The zero-order valence-electron chi connectivity index (χ0n) is 15.2. The highest BCUT2D eigenvalue weighted by atomic mass is 32.1. The van der Waals surface area contributed by atoms with Gasteiger partial charge in [0.05, 0.1) is 10.3 Å². The molecule has 1 N–H and O–H groups in total. The fourth-order valence-corrected chi connectivity index (χ4v) is 5.37. The number of hydrogen-bond acceptors (Lipinski definition) is 6. The first-order valence-corrected chi connectivity index (χ1v) is 10.8. The second-order valence-electron chi connectivity index (χ2n) is 6.67. The van der Waals surface area contributed by atoms with E-state index in [2.05, 4.69) is 15.3 Å². The van der Waals surface area contributed by atoms with E-state index in [1.165, 1.54) is 28.2 Å². The number of nitrogens with zero attached hydrogens (tertiary/aromatic N) is 2. The molecule has 140 valence electrons. The highest BCUT2D eigenvalue weighted by Crippen LogP contribution is 2.41. The van der Waals surface area contributed by atoms with E-state index in [0.29, 0.717) is 22.3 Å². The minimum absolute atomic E-state index is 0.106. The monoisotopic (exact) mass is 407 g/mol. The van der Waals surface area contributed by atoms with Crippen molar-refractivity contribution in [3.05, 3.63) is 62.9 Å². The number of carbonyl (C=O) groups is 1. The Hall–Kier alpha value is -2.77. The smallest absolute Gasteiger partial charge is 0.265 e. The summed E-state index contributed by atoms with van der Waals surface area (Å²) in [7, 11) is 0. The van der Waals surface area contributed by atoms with Crippen LogP contribution in [0.25, 0.3) is 10.2 Å². The van der Waals surface area contributed by atoms with Gasteiger partial charge in [0.2, 0.25) is 5.88 Å². The highest BCUT2D eigenvalue weighted by molar-refractivity contribution is 7.19. The lowest BCUT2D eigenvalue weighted by molar-refractivity contribution is 0.103. The number of thiophene rings is 2. The molecule has 0 saturated heterocycles. The minimum Gasteiger partial charge on any atom is -0.438 e. The zero-order valence-corrected chi connectivity index (χ0v) is 16.8. The van der Waals surface area contributed by atoms with Crippen molar-refractivity contribution in [2.45, 2.75) is 26.2 Å². The molecule has 0 saturated carbocycles. The molecular formula is C21H17N3O2S2. The number of fused-ring (bicyclic) bond motifs is 3. The quantitative estimate of drug-likeness (QED) is 0.479. The molecule has 1 amide bonds. The highest BCUT2D eigenvalue weighted by Gasteiger charge is 2.23. The molecule has 5 nitrogen and oxygen atoms in total. The maximum Gasteiger partial charge on any atom is 0.265 e. The Morgan fingerprint density at radius 2 is 2.00 bits per heavy atom. The molecule has 0 fully saturated rings. The summed E-state index contributed by atoms with van der Waals surface area (Å²) in [5.41, 5.74) is 2.07. The Kier molecular flexibility index (Phi) is 4.33. The fraction of sp³-hybridized carbons (Fsp3) is 0.190. The van der Waals surface area contributed by atoms with E-state index in [1.54, 1.807) is 17.4 Å². The summed E-state index contributed by atoms with van der Waals surface area (Å²) in [5, 5.41) is 5.84. The molecule has 1 aliphatic rings. The standard InChI is InChI=1S/C21H17N3O2S2/c1-12-22-20(18-15-4-2-5-16(15)28-21(18)23-12)26-14-9-7-13(8-10-14)24-19(25)17-6-3-11-27-17/h3,6-11H,2,4-5H2,1H3,(H,24,25). The SMILES string of the molecule is Cc1nc(Oc2ccc(NC(=O)c3cccs3)cc2)c2c3c(sc2n1)CCC3. The summed E-state index contributed by atoms with van der Waals surface area (Å²) in [6, 6.07) is 11.0. The van der Waals surface area contributed by atoms with Crippen LogP contribution >= 0.6 is 22.7 Å². The number of rotatable bonds is 4. The van der Waals surface area contributed by atoms with E-state index in [0.717, 1.165) is 28.7 Å². The molecule has 28 heavy (non-hydrogen) atoms. The molecule has 1 aromatic carbocycles. The number of aromatic nitrogens is 2. The van der Waals surface area contributed by atoms with Crippen LogP contribution in [0.3, 0.4) is 0 Å². The van der Waals surface area contributed by atoms with E-state index < -0.39 is 0 Å². The number of carbonyl (C=O) groups excluding carboxylic acids is 1. The van der Waals surface area contributed by atoms with Crippen LogP contribution in [0, 0.1) is 6.92 Å². The molecule has 5 rings (SSSR count). The van der Waals surface area contributed by atoms with Gasteiger partial charge in [-0.1, -0.05) is 6.07 Å². The van der Waals surface area contributed by atoms with Gasteiger partial charge in [0.1, 0.15) is 16.4 Å². The van der Waals surface area contributed by atoms with Gasteiger partial charge < -0.3 is 10.1 Å². The van der Waals surface area contributed by atoms with E-state index >= 15 is 0 Å². The van der Waals surface area contributed by atoms with Crippen LogP contribution in [0.1, 0.15) is 32.4 Å². The topological polar surface area (TPSA) is 64.1 Å². The number of benzene rings is 1. The van der Waals surface area contributed by atoms with Crippen molar-refractivity contribution in [2.24, 2.45) is 0 Å². The first-order valence-electron chi connectivity index (χ1n) is 9.09. The normalized spacial score (nSPS) is 12.9. The summed E-state index contributed by atoms with van der Waals surface area (Å²) in [6.07, 6.45) is 3.36. The predicted molar refractivity (Wildman–Crippen MR) is 113 cm³/mol. The van der Waals surface area contributed by atoms with Crippen LogP contribution in [-0.2, 0) is 12.8 Å². The fourth-order valence-electron chi connectivity index (χ4n) is 3.46. The number of amides is 1. The van der Waals surface area contributed by atoms with Crippen LogP contribution in [0.2, 0.25) is 0 Å². The van der Waals surface area contributed by atoms with E-state index in [9.17, 15) is 4.79 Å². The third kappa shape index (κ3) is 3.16. The Morgan fingerprint density at radius 3 is 2.79 bits per heavy atom. The number of hydrogen-bond donors (Lipinski definition) is 1. The van der Waals surface area contributed by atoms with Gasteiger partial charge in [-0.3, -0.25) is 4.79 Å². The first-order chi connectivity index (χ1) is 13.7. The number of aryl methyl sites for hydroxylation is 3. The molecule has 4 aromatic rings. The average molecular weight is 408 g/mol. The second-order valence-corrected chi connectivity index (χ2v) is 8.70. The van der Waals surface area contributed by atoms with E-state index in [4.69, 9.17) is 4.74 Å². The molecule has 0 unspecified atom stereocenters. The largest absolute Gasteiger partial charge is 0.438 e. The Bertz CT molecular complexity index is 1160. The molecule has 0 bridgehead atoms. The molecule has 1 aliphatic carbocycles. The Balaban J connectivity index is 1.40. The summed E-state index contributed by atoms with van der Waals surface area (Å²) in [4.78, 5) is 24.4. The predicted octanol–water partition coefficient (Wildman–Crippen LogP) is 5.59. The van der Waals surface area contributed by atoms with Gasteiger partial charge in [0.25, 0.3) is 5.91 Å². The lowest BCUT2D eigenvalue weighted by Crippen LogP contribution is -2.09. The lowest BCUT2D eigenvalue weighted by atomic mass is 10.2. The summed E-state index contributed by atoms with van der Waals surface area (Å²) in [6.45, 7) is 1.89. The van der Waals surface area contributed by atoms with Crippen LogP contribution in [0.5, 0.6) is 11.6 Å². The molecule has 7 heteroatoms. The maximum atomic E-state index is 12.2. The van der Waals surface area contributed by atoms with Crippen molar-refractivity contribution in [1.82, 2.24) is 9.97 Å². The zero-order chi connectivity index (χ0) is 19.1. The Morgan fingerprint density at radius 1 is 1.14 bits per heavy atom. The molecule has 0 aliphatic heterocycles. The van der Waals surface area contributed by atoms with Crippen molar-refractivity contribution in [3.63, 3.8) is 0 Å². The van der Waals surface area contributed by atoms with Gasteiger partial charge in [-0.05, 0) is 67.5 Å². The number of nitrogens with one attached hydrogen (secondary N) is 1. The maximum absolute atomic E-state index is 12.2. The van der Waals surface area contributed by atoms with Crippen LogP contribution in [-0.4, -0.2) is 15.9 Å². The van der Waals surface area contributed by atoms with Crippen molar-refractivity contribution >= 4 is 44.5 Å². The minimum atomic E-state index is -0.106. The first kappa shape index (κ1) is 17.3. The van der Waals surface area contributed by atoms with Gasteiger partial charge in [-0.2, -0.15) is 4.98 Å². The van der Waals surface area contributed by atoms with Crippen molar-refractivity contribution in [1.29, 1.82) is 0 Å². The van der Waals surface area contributed by atoms with E-state index in [1.807, 2.05) is 42.6 Å². The van der Waals surface area contributed by atoms with Crippen molar-refractivity contribution in [3.8, 4) is 11.6 Å². The van der Waals surface area contributed by atoms with Gasteiger partial charge in [-0.15, -0.1) is 22.7 Å². The summed E-state index contributed by atoms with van der Waals surface area (Å²) >= 11 is 3.17. The third-order valence-corrected chi connectivity index (χ3v) is 6.77. The molecular weight excluding hydrogens is 390 g/mol. The van der Waals surface area contributed by atoms with Gasteiger partial charge >= 0.3 is 0 Å². The summed E-state index contributed by atoms with van der Waals surface area (Å²) < 4.78 is 6.13. The molecule has 0 spiro atoms. The van der Waals surface area contributed by atoms with Crippen LogP contribution in [0.15, 0.2) is 41.8 Å². The van der Waals surface area contributed by atoms with E-state index in [-0.39, 0.29) is 5.91 Å². The molecule has 0 radical (unpaired) electrons. The average Bonchev–Trinajstić information content (AvgIpc) is 3.40. The van der Waals surface area contributed by atoms with Gasteiger partial charge in [0, 0.05) is 10.6 Å². The molecule has 3 aromatic heterocycles. The van der Waals surface area contributed by atoms with Crippen molar-refractivity contribution in [2.75, 3.05) is 5.32 Å². The lowest BCUT2D eigenvalue weighted by Gasteiger charge is -2.09.